The van der Waals surface area contributed by atoms with Crippen LogP contribution < -0.4 is 5.30 Å². The Bertz CT molecular complexity index is 871. The zero-order valence-electron chi connectivity index (χ0n) is 16.2. The third kappa shape index (κ3) is 5.12. The largest absolute Gasteiger partial charge is 0.417 e. The number of aliphatic hydroxyl groups is 1. The van der Waals surface area contributed by atoms with Crippen LogP contribution in [0.1, 0.15) is 42.8 Å². The van der Waals surface area contributed by atoms with Crippen LogP contribution in [-0.2, 0) is 11.8 Å². The summed E-state index contributed by atoms with van der Waals surface area (Å²) in [5.74, 6) is 0. The van der Waals surface area contributed by atoms with E-state index in [0.717, 1.165) is 22.6 Å². The molecule has 0 bridgehead atoms. The predicted octanol–water partition coefficient (Wildman–Crippen LogP) is 4.69. The van der Waals surface area contributed by atoms with Gasteiger partial charge in [0.25, 0.3) is 0 Å². The second-order valence-electron chi connectivity index (χ2n) is 7.81. The number of alkyl halides is 3. The van der Waals surface area contributed by atoms with E-state index in [4.69, 9.17) is 5.41 Å². The van der Waals surface area contributed by atoms with Crippen molar-refractivity contribution in [3.63, 3.8) is 0 Å². The van der Waals surface area contributed by atoms with Gasteiger partial charge in [-0.25, -0.2) is 0 Å². The summed E-state index contributed by atoms with van der Waals surface area (Å²) in [6, 6.07) is 8.77. The summed E-state index contributed by atoms with van der Waals surface area (Å²) in [5, 5.41) is 18.6. The predicted molar refractivity (Wildman–Crippen MR) is 111 cm³/mol. The Morgan fingerprint density at radius 3 is 2.46 bits per heavy atom. The van der Waals surface area contributed by atoms with Gasteiger partial charge in [-0.1, -0.05) is 32.0 Å². The highest BCUT2D eigenvalue weighted by Gasteiger charge is 2.56. The number of allylic oxidation sites excluding steroid dienone is 1. The molecule has 0 aliphatic rings. The molecule has 0 saturated heterocycles. The monoisotopic (exact) mass is 410 g/mol. The number of H-pyrrole nitrogens is 1. The number of halogens is 3. The highest BCUT2D eigenvalue weighted by atomic mass is 31.0. The SMILES string of the molecule is Cc1ccc(P)cc1C(C)(C)CC(O)(Cc1ccc(/C=C\C=N)[nH]1)C(F)(F)F. The molecule has 2 unspecified atom stereocenters. The Morgan fingerprint density at radius 1 is 1.18 bits per heavy atom. The summed E-state index contributed by atoms with van der Waals surface area (Å²) in [7, 11) is 2.55. The Kier molecular flexibility index (Phi) is 6.57. The van der Waals surface area contributed by atoms with Gasteiger partial charge in [0.05, 0.1) is 0 Å². The maximum Gasteiger partial charge on any atom is 0.417 e. The standard InChI is InChI=1S/C21H26F3N2OP/c1-14-6-9-17(28)11-18(14)19(2,3)13-20(27,21(22,23)24)12-16-8-7-15(26-16)5-4-10-25/h4-11,25-27H,12-13,28H2,1-3H3/b5-4-,25-10?. The molecule has 2 rings (SSSR count). The van der Waals surface area contributed by atoms with Crippen LogP contribution in [0.3, 0.4) is 0 Å². The molecule has 1 heterocycles. The average Bonchev–Trinajstić information content (AvgIpc) is 3.00. The van der Waals surface area contributed by atoms with Gasteiger partial charge in [0, 0.05) is 24.0 Å². The van der Waals surface area contributed by atoms with Crippen molar-refractivity contribution in [3.05, 3.63) is 58.9 Å². The molecule has 152 valence electrons. The van der Waals surface area contributed by atoms with Crippen molar-refractivity contribution in [2.24, 2.45) is 0 Å². The number of benzene rings is 1. The molecule has 3 nitrogen and oxygen atoms in total. The summed E-state index contributed by atoms with van der Waals surface area (Å²) in [4.78, 5) is 2.87. The first-order valence-corrected chi connectivity index (χ1v) is 9.46. The minimum Gasteiger partial charge on any atom is -0.380 e. The van der Waals surface area contributed by atoms with E-state index in [1.54, 1.807) is 26.0 Å². The maximum atomic E-state index is 13.9. The van der Waals surface area contributed by atoms with E-state index in [0.29, 0.717) is 5.69 Å². The Hall–Kier alpha value is -1.91. The summed E-state index contributed by atoms with van der Waals surface area (Å²) < 4.78 is 41.7. The number of aryl methyl sites for hydroxylation is 1. The average molecular weight is 410 g/mol. The highest BCUT2D eigenvalue weighted by Crippen LogP contribution is 2.43. The molecule has 2 aromatic rings. The first kappa shape index (κ1) is 22.4. The van der Waals surface area contributed by atoms with Crippen LogP contribution in [0.2, 0.25) is 0 Å². The maximum absolute atomic E-state index is 13.9. The van der Waals surface area contributed by atoms with Crippen molar-refractivity contribution in [1.29, 1.82) is 5.41 Å². The normalized spacial score (nSPS) is 15.0. The van der Waals surface area contributed by atoms with Crippen molar-refractivity contribution in [2.75, 3.05) is 0 Å². The highest BCUT2D eigenvalue weighted by molar-refractivity contribution is 7.27. The second-order valence-corrected chi connectivity index (χ2v) is 8.47. The fourth-order valence-electron chi connectivity index (χ4n) is 3.58. The first-order valence-electron chi connectivity index (χ1n) is 8.89. The van der Waals surface area contributed by atoms with Gasteiger partial charge >= 0.3 is 6.18 Å². The van der Waals surface area contributed by atoms with Crippen LogP contribution >= 0.6 is 9.24 Å². The molecule has 0 fully saturated rings. The molecule has 0 aliphatic heterocycles. The number of aromatic amines is 1. The summed E-state index contributed by atoms with van der Waals surface area (Å²) >= 11 is 0. The van der Waals surface area contributed by atoms with Gasteiger partial charge in [0.1, 0.15) is 0 Å². The molecule has 0 radical (unpaired) electrons. The van der Waals surface area contributed by atoms with Crippen molar-refractivity contribution in [1.82, 2.24) is 4.98 Å². The Morgan fingerprint density at radius 2 is 1.86 bits per heavy atom. The number of aromatic nitrogens is 1. The van der Waals surface area contributed by atoms with E-state index in [1.807, 2.05) is 25.1 Å². The van der Waals surface area contributed by atoms with E-state index in [1.165, 1.54) is 12.1 Å². The van der Waals surface area contributed by atoms with Crippen molar-refractivity contribution < 1.29 is 18.3 Å². The third-order valence-corrected chi connectivity index (χ3v) is 5.24. The summed E-state index contributed by atoms with van der Waals surface area (Å²) in [5.41, 5.74) is -1.24. The molecule has 0 aliphatic carbocycles. The number of nitrogens with one attached hydrogen (secondary N) is 2. The zero-order valence-corrected chi connectivity index (χ0v) is 17.3. The van der Waals surface area contributed by atoms with Gasteiger partial charge in [-0.2, -0.15) is 13.2 Å². The third-order valence-electron chi connectivity index (χ3n) is 4.88. The molecule has 7 heteroatoms. The topological polar surface area (TPSA) is 59.9 Å². The lowest BCUT2D eigenvalue weighted by Crippen LogP contribution is -2.51. The van der Waals surface area contributed by atoms with Crippen molar-refractivity contribution >= 4 is 26.8 Å². The number of hydrogen-bond donors (Lipinski definition) is 3. The van der Waals surface area contributed by atoms with E-state index < -0.39 is 30.0 Å². The molecule has 3 N–H and O–H groups in total. The Balaban J connectivity index is 2.37. The fraction of sp³-hybridized carbons (Fsp3) is 0.381. The van der Waals surface area contributed by atoms with Crippen molar-refractivity contribution in [2.45, 2.75) is 50.8 Å². The molecule has 1 aromatic heterocycles. The molecule has 0 saturated carbocycles. The number of rotatable bonds is 7. The van der Waals surface area contributed by atoms with Gasteiger partial charge in [0.2, 0.25) is 0 Å². The van der Waals surface area contributed by atoms with E-state index >= 15 is 0 Å². The lowest BCUT2D eigenvalue weighted by molar-refractivity contribution is -0.266. The second kappa shape index (κ2) is 8.22. The lowest BCUT2D eigenvalue weighted by Gasteiger charge is -2.38. The molecular weight excluding hydrogens is 384 g/mol. The lowest BCUT2D eigenvalue weighted by atomic mass is 9.72. The van der Waals surface area contributed by atoms with Gasteiger partial charge < -0.3 is 15.5 Å². The molecular formula is C21H26F3N2OP. The molecule has 1 aromatic carbocycles. The Labute approximate surface area is 165 Å². The first-order chi connectivity index (χ1) is 12.9. The van der Waals surface area contributed by atoms with Crippen LogP contribution in [0.5, 0.6) is 0 Å². The van der Waals surface area contributed by atoms with E-state index in [9.17, 15) is 18.3 Å². The van der Waals surface area contributed by atoms with E-state index in [2.05, 4.69) is 14.2 Å². The molecule has 2 atom stereocenters. The zero-order chi connectivity index (χ0) is 21.2. The summed E-state index contributed by atoms with van der Waals surface area (Å²) in [6.45, 7) is 5.31. The van der Waals surface area contributed by atoms with Crippen LogP contribution in [0.25, 0.3) is 6.08 Å². The molecule has 28 heavy (non-hydrogen) atoms. The number of hydrogen-bond acceptors (Lipinski definition) is 2. The van der Waals surface area contributed by atoms with Crippen LogP contribution in [-0.4, -0.2) is 28.1 Å². The smallest absolute Gasteiger partial charge is 0.380 e. The van der Waals surface area contributed by atoms with Crippen LogP contribution in [0, 0.1) is 12.3 Å². The molecule has 0 amide bonds. The molecule has 0 spiro atoms. The minimum atomic E-state index is -4.78. The minimum absolute atomic E-state index is 0.289. The quantitative estimate of drug-likeness (QED) is 0.450. The summed E-state index contributed by atoms with van der Waals surface area (Å²) in [6.07, 6.45) is -1.69. The van der Waals surface area contributed by atoms with Gasteiger partial charge in [0.15, 0.2) is 5.60 Å². The van der Waals surface area contributed by atoms with Gasteiger partial charge in [-0.05, 0) is 59.5 Å². The van der Waals surface area contributed by atoms with Gasteiger partial charge in [-0.3, -0.25) is 0 Å². The van der Waals surface area contributed by atoms with E-state index in [-0.39, 0.29) is 5.69 Å². The van der Waals surface area contributed by atoms with Gasteiger partial charge in [-0.15, -0.1) is 9.24 Å². The van der Waals surface area contributed by atoms with Crippen LogP contribution in [0.15, 0.2) is 36.4 Å². The fourth-order valence-corrected chi connectivity index (χ4v) is 3.85. The van der Waals surface area contributed by atoms with Crippen LogP contribution in [0.4, 0.5) is 13.2 Å². The van der Waals surface area contributed by atoms with Crippen molar-refractivity contribution in [3.8, 4) is 0 Å².